The monoisotopic (exact) mass is 243 g/mol. The minimum atomic E-state index is 0.292. The number of nitrogens with one attached hydrogen (secondary N) is 1. The number of nitrogens with two attached hydrogens (primary N) is 1. The van der Waals surface area contributed by atoms with Crippen molar-refractivity contribution in [3.63, 3.8) is 0 Å². The van der Waals surface area contributed by atoms with E-state index in [0.29, 0.717) is 10.7 Å². The van der Waals surface area contributed by atoms with Crippen LogP contribution in [-0.2, 0) is 0 Å². The first kappa shape index (κ1) is 11.5. The number of benzene rings is 1. The van der Waals surface area contributed by atoms with E-state index in [-0.39, 0.29) is 0 Å². The molecule has 1 aromatic carbocycles. The Morgan fingerprint density at radius 3 is 2.59 bits per heavy atom. The molecule has 0 saturated carbocycles. The van der Waals surface area contributed by atoms with Gasteiger partial charge in [-0.15, -0.1) is 0 Å². The predicted molar refractivity (Wildman–Crippen MR) is 74.6 cm³/mol. The lowest BCUT2D eigenvalue weighted by Gasteiger charge is -2.10. The second-order valence-electron chi connectivity index (χ2n) is 3.75. The highest BCUT2D eigenvalue weighted by atomic mass is 32.1. The van der Waals surface area contributed by atoms with E-state index in [1.165, 1.54) is 5.56 Å². The number of hydrogen-bond acceptors (Lipinski definition) is 3. The molecule has 2 rings (SSSR count). The maximum Gasteiger partial charge on any atom is 0.124 e. The summed E-state index contributed by atoms with van der Waals surface area (Å²) in [6, 6.07) is 11.8. The van der Waals surface area contributed by atoms with Crippen LogP contribution in [0, 0.1) is 6.92 Å². The average molecular weight is 243 g/mol. The summed E-state index contributed by atoms with van der Waals surface area (Å²) in [5.41, 5.74) is 9.26. The van der Waals surface area contributed by atoms with Crippen molar-refractivity contribution in [2.45, 2.75) is 6.92 Å². The highest BCUT2D eigenvalue weighted by molar-refractivity contribution is 7.80. The molecule has 17 heavy (non-hydrogen) atoms. The minimum absolute atomic E-state index is 0.292. The summed E-state index contributed by atoms with van der Waals surface area (Å²) >= 11 is 4.96. The first-order valence-electron chi connectivity index (χ1n) is 5.25. The molecular formula is C13H13N3S. The molecule has 3 nitrogen and oxygen atoms in total. The number of aryl methyl sites for hydroxylation is 1. The maximum absolute atomic E-state index is 5.62. The van der Waals surface area contributed by atoms with Gasteiger partial charge in [-0.3, -0.25) is 4.98 Å². The smallest absolute Gasteiger partial charge is 0.124 e. The Bertz CT molecular complexity index is 535. The molecule has 0 aliphatic heterocycles. The maximum atomic E-state index is 5.62. The third-order valence-electron chi connectivity index (χ3n) is 2.37. The Balaban J connectivity index is 2.30. The largest absolute Gasteiger partial charge is 0.388 e. The summed E-state index contributed by atoms with van der Waals surface area (Å²) in [4.78, 5) is 4.46. The van der Waals surface area contributed by atoms with Crippen molar-refractivity contribution in [1.82, 2.24) is 4.98 Å². The van der Waals surface area contributed by atoms with E-state index in [0.717, 1.165) is 11.4 Å². The van der Waals surface area contributed by atoms with E-state index < -0.39 is 0 Å². The molecule has 0 bridgehead atoms. The first-order chi connectivity index (χ1) is 8.16. The number of nitrogens with zero attached hydrogens (tertiary/aromatic N) is 1. The number of aromatic nitrogens is 1. The van der Waals surface area contributed by atoms with Gasteiger partial charge in [-0.25, -0.2) is 0 Å². The highest BCUT2D eigenvalue weighted by Gasteiger charge is 2.05. The first-order valence-corrected chi connectivity index (χ1v) is 5.66. The van der Waals surface area contributed by atoms with Crippen LogP contribution in [0.3, 0.4) is 0 Å². The summed E-state index contributed by atoms with van der Waals surface area (Å²) in [6.07, 6.45) is 1.68. The molecule has 0 radical (unpaired) electrons. The van der Waals surface area contributed by atoms with Crippen molar-refractivity contribution >= 4 is 28.6 Å². The van der Waals surface area contributed by atoms with Crippen LogP contribution in [0.2, 0.25) is 0 Å². The van der Waals surface area contributed by atoms with Gasteiger partial charge in [0.1, 0.15) is 10.7 Å². The van der Waals surface area contributed by atoms with Gasteiger partial charge in [0.15, 0.2) is 0 Å². The summed E-state index contributed by atoms with van der Waals surface area (Å²) < 4.78 is 0. The summed E-state index contributed by atoms with van der Waals surface area (Å²) in [6.45, 7) is 2.05. The predicted octanol–water partition coefficient (Wildman–Crippen LogP) is 2.77. The van der Waals surface area contributed by atoms with Crippen LogP contribution in [0.15, 0.2) is 42.6 Å². The molecule has 0 amide bonds. The van der Waals surface area contributed by atoms with Crippen molar-refractivity contribution in [1.29, 1.82) is 0 Å². The molecule has 0 atom stereocenters. The van der Waals surface area contributed by atoms with E-state index in [9.17, 15) is 0 Å². The molecule has 2 aromatic rings. The second-order valence-corrected chi connectivity index (χ2v) is 4.19. The van der Waals surface area contributed by atoms with Crippen molar-refractivity contribution in [2.75, 3.05) is 5.32 Å². The molecule has 3 N–H and O–H groups in total. The van der Waals surface area contributed by atoms with Crippen LogP contribution in [0.1, 0.15) is 11.3 Å². The Kier molecular flexibility index (Phi) is 3.35. The van der Waals surface area contributed by atoms with E-state index in [1.54, 1.807) is 6.20 Å². The molecule has 86 valence electrons. The molecule has 0 aliphatic rings. The number of hydrogen-bond donors (Lipinski definition) is 2. The van der Waals surface area contributed by atoms with Gasteiger partial charge in [0.2, 0.25) is 0 Å². The molecule has 4 heteroatoms. The molecule has 0 saturated heterocycles. The van der Waals surface area contributed by atoms with Crippen LogP contribution in [0.5, 0.6) is 0 Å². The zero-order valence-electron chi connectivity index (χ0n) is 9.47. The van der Waals surface area contributed by atoms with Crippen LogP contribution < -0.4 is 11.1 Å². The van der Waals surface area contributed by atoms with E-state index in [2.05, 4.69) is 10.3 Å². The topological polar surface area (TPSA) is 50.9 Å². The lowest BCUT2D eigenvalue weighted by molar-refractivity contribution is 1.28. The zero-order valence-corrected chi connectivity index (χ0v) is 10.3. The Morgan fingerprint density at radius 2 is 1.94 bits per heavy atom. The molecule has 0 aliphatic carbocycles. The van der Waals surface area contributed by atoms with Crippen molar-refractivity contribution in [3.05, 3.63) is 53.9 Å². The van der Waals surface area contributed by atoms with Gasteiger partial charge in [-0.05, 0) is 31.2 Å². The lowest BCUT2D eigenvalue weighted by Crippen LogP contribution is -2.13. The van der Waals surface area contributed by atoms with Crippen LogP contribution in [0.25, 0.3) is 0 Å². The summed E-state index contributed by atoms with van der Waals surface area (Å²) in [5, 5.41) is 3.25. The zero-order chi connectivity index (χ0) is 12.3. The van der Waals surface area contributed by atoms with Crippen molar-refractivity contribution < 1.29 is 0 Å². The van der Waals surface area contributed by atoms with Gasteiger partial charge in [-0.1, -0.05) is 29.9 Å². The number of rotatable bonds is 3. The number of pyridine rings is 1. The highest BCUT2D eigenvalue weighted by Crippen LogP contribution is 2.19. The van der Waals surface area contributed by atoms with Gasteiger partial charge in [0, 0.05) is 11.9 Å². The molecule has 1 heterocycles. The SMILES string of the molecule is Cc1ccc(Nc2cccnc2C(N)=S)cc1. The van der Waals surface area contributed by atoms with Gasteiger partial charge >= 0.3 is 0 Å². The van der Waals surface area contributed by atoms with Crippen LogP contribution in [-0.4, -0.2) is 9.97 Å². The number of anilines is 2. The lowest BCUT2D eigenvalue weighted by atomic mass is 10.2. The Hall–Kier alpha value is -1.94. The third kappa shape index (κ3) is 2.79. The van der Waals surface area contributed by atoms with Crippen molar-refractivity contribution in [3.8, 4) is 0 Å². The molecule has 0 spiro atoms. The van der Waals surface area contributed by atoms with Gasteiger partial charge < -0.3 is 11.1 Å². The fourth-order valence-corrected chi connectivity index (χ4v) is 1.66. The second kappa shape index (κ2) is 4.93. The fourth-order valence-electron chi connectivity index (χ4n) is 1.49. The van der Waals surface area contributed by atoms with Gasteiger partial charge in [0.05, 0.1) is 5.69 Å². The molecule has 0 unspecified atom stereocenters. The molecular weight excluding hydrogens is 230 g/mol. The van der Waals surface area contributed by atoms with Gasteiger partial charge in [0.25, 0.3) is 0 Å². The molecule has 1 aromatic heterocycles. The number of thiocarbonyl (C=S) groups is 1. The molecule has 0 fully saturated rings. The van der Waals surface area contributed by atoms with E-state index >= 15 is 0 Å². The van der Waals surface area contributed by atoms with Crippen molar-refractivity contribution in [2.24, 2.45) is 5.73 Å². The Labute approximate surface area is 106 Å². The van der Waals surface area contributed by atoms with Gasteiger partial charge in [-0.2, -0.15) is 0 Å². The quantitative estimate of drug-likeness (QED) is 0.814. The normalized spacial score (nSPS) is 9.94. The average Bonchev–Trinajstić information content (AvgIpc) is 2.32. The Morgan fingerprint density at radius 1 is 1.24 bits per heavy atom. The fraction of sp³-hybridized carbons (Fsp3) is 0.0769. The summed E-state index contributed by atoms with van der Waals surface area (Å²) in [7, 11) is 0. The van der Waals surface area contributed by atoms with Crippen LogP contribution in [0.4, 0.5) is 11.4 Å². The summed E-state index contributed by atoms with van der Waals surface area (Å²) in [5.74, 6) is 0. The standard InChI is InChI=1S/C13H13N3S/c1-9-4-6-10(7-5-9)16-11-3-2-8-15-12(11)13(14)17/h2-8,16H,1H3,(H2,14,17). The van der Waals surface area contributed by atoms with Crippen LogP contribution >= 0.6 is 12.2 Å². The van der Waals surface area contributed by atoms with E-state index in [4.69, 9.17) is 18.0 Å². The third-order valence-corrected chi connectivity index (χ3v) is 2.57. The minimum Gasteiger partial charge on any atom is -0.388 e. The van der Waals surface area contributed by atoms with E-state index in [1.807, 2.05) is 43.3 Å².